The highest BCUT2D eigenvalue weighted by Crippen LogP contribution is 2.50. The zero-order chi connectivity index (χ0) is 72.1. The summed E-state index contributed by atoms with van der Waals surface area (Å²) in [5.41, 5.74) is 5.97. The van der Waals surface area contributed by atoms with Crippen molar-refractivity contribution < 1.29 is 30.4 Å². The second-order valence-corrected chi connectivity index (χ2v) is 36.1. The topological polar surface area (TPSA) is 165 Å². The summed E-state index contributed by atoms with van der Waals surface area (Å²) in [6.45, 7) is 46.6. The minimum atomic E-state index is -0.506. The van der Waals surface area contributed by atoms with Crippen LogP contribution in [0.15, 0.2) is 146 Å². The number of hydroxylamine groups is 8. The molecule has 4 aliphatic heterocycles. The van der Waals surface area contributed by atoms with E-state index in [0.717, 1.165) is 96.9 Å². The molecule has 0 atom stereocenters. The van der Waals surface area contributed by atoms with Crippen molar-refractivity contribution in [2.24, 2.45) is 0 Å². The smallest absolute Gasteiger partial charge is 0.255 e. The molecule has 4 heterocycles. The molecular weight excluding hydrogens is 1220 g/mol. The molecule has 6 aromatic rings. The Morgan fingerprint density at radius 1 is 0.357 bits per heavy atom. The Labute approximate surface area is 586 Å². The van der Waals surface area contributed by atoms with E-state index in [0.29, 0.717) is 16.8 Å². The standard InChI is InChI=1S/C82H116N10O6/c1-73(2,3)57-26-30-59(31-27-57)85(62-38-42-65(43-39-62)87(67-47-75(7,8)89(95)76(9,10)48-67)68-49-77(11,12)90(96)78(13,14)50-68)61-34-36-63(37-35-61)86(60-32-28-58(29-33-60)83-71(93)55-24-23-25-56(46-55)72(94)84-74(4,5)6)64-40-44-66(45-41-64)88(69-51-79(15,16)91(97)80(17,18)52-69)70-53-81(19,20)92(98)82(21,22)54-70/h23-46,67-70,95-98H,47-54H2,1-22H3,(H,83,93)(H,84,94). The number of amides is 2. The number of hydrogen-bond acceptors (Lipinski definition) is 14. The van der Waals surface area contributed by atoms with E-state index in [4.69, 9.17) is 0 Å². The van der Waals surface area contributed by atoms with E-state index in [1.165, 1.54) is 5.56 Å². The lowest BCUT2D eigenvalue weighted by Crippen LogP contribution is -2.67. The van der Waals surface area contributed by atoms with Gasteiger partial charge in [0.05, 0.1) is 0 Å². The molecule has 0 spiro atoms. The third-order valence-electron chi connectivity index (χ3n) is 21.5. The molecule has 4 saturated heterocycles. The van der Waals surface area contributed by atoms with Crippen LogP contribution in [-0.2, 0) is 5.41 Å². The number of rotatable bonds is 15. The Kier molecular flexibility index (Phi) is 19.8. The van der Waals surface area contributed by atoms with Crippen molar-refractivity contribution in [3.05, 3.63) is 162 Å². The average Bonchev–Trinajstić information content (AvgIpc) is 0.749. The van der Waals surface area contributed by atoms with Crippen molar-refractivity contribution in [2.75, 3.05) is 24.9 Å². The molecule has 0 aromatic heterocycles. The zero-order valence-electron chi connectivity index (χ0n) is 63.0. The molecule has 10 rings (SSSR count). The number of carbonyl (C=O) groups excluding carboxylic acids is 2. The Morgan fingerprint density at radius 3 is 0.847 bits per heavy atom. The van der Waals surface area contributed by atoms with Crippen LogP contribution in [0.1, 0.15) is 230 Å². The van der Waals surface area contributed by atoms with Crippen molar-refractivity contribution in [1.29, 1.82) is 0 Å². The van der Waals surface area contributed by atoms with Crippen LogP contribution in [0.4, 0.5) is 51.2 Å². The van der Waals surface area contributed by atoms with Crippen molar-refractivity contribution in [3.8, 4) is 0 Å². The van der Waals surface area contributed by atoms with Crippen LogP contribution in [0.25, 0.3) is 0 Å². The molecule has 4 aliphatic rings. The van der Waals surface area contributed by atoms with Crippen molar-refractivity contribution >= 4 is 63.0 Å². The van der Waals surface area contributed by atoms with Crippen LogP contribution in [0, 0.1) is 0 Å². The van der Waals surface area contributed by atoms with Gasteiger partial charge in [-0.1, -0.05) is 39.0 Å². The first-order valence-corrected chi connectivity index (χ1v) is 35.6. The lowest BCUT2D eigenvalue weighted by atomic mass is 9.74. The molecule has 530 valence electrons. The number of carbonyl (C=O) groups is 2. The van der Waals surface area contributed by atoms with Gasteiger partial charge < -0.3 is 51.1 Å². The molecule has 6 aromatic carbocycles. The Bertz CT molecular complexity index is 3630. The van der Waals surface area contributed by atoms with Crippen molar-refractivity contribution in [3.63, 3.8) is 0 Å². The molecule has 98 heavy (non-hydrogen) atoms. The fourth-order valence-corrected chi connectivity index (χ4v) is 17.5. The third kappa shape index (κ3) is 15.4. The van der Waals surface area contributed by atoms with Crippen LogP contribution in [0.2, 0.25) is 0 Å². The summed E-state index contributed by atoms with van der Waals surface area (Å²) in [4.78, 5) is 36.9. The van der Waals surface area contributed by atoms with E-state index in [2.05, 4.69) is 259 Å². The largest absolute Gasteiger partial charge is 0.365 e. The molecule has 0 unspecified atom stereocenters. The van der Waals surface area contributed by atoms with Gasteiger partial charge in [0.15, 0.2) is 0 Å². The number of nitrogens with zero attached hydrogens (tertiary/aromatic N) is 8. The SMILES string of the molecule is CC(C)(C)NC(=O)c1cccc(C(=O)Nc2ccc(N(c3ccc(N(c4ccc(N(C5CC(C)(C)N(O)C(C)(C)C5)C5CC(C)(C)N(O)C(C)(C)C5)cc4)c4ccc(C(C)(C)C)cc4)cc3)c3ccc(N(C4CC(C)(C)N(O)C(C)(C)C4)C4CC(C)(C)N(O)C(C)(C)C4)cc3)cc2)c1. The maximum Gasteiger partial charge on any atom is 0.255 e. The van der Waals surface area contributed by atoms with Gasteiger partial charge in [-0.3, -0.25) is 9.59 Å². The fourth-order valence-electron chi connectivity index (χ4n) is 17.5. The molecule has 0 aliphatic carbocycles. The van der Waals surface area contributed by atoms with Gasteiger partial charge >= 0.3 is 0 Å². The Hall–Kier alpha value is -6.86. The van der Waals surface area contributed by atoms with E-state index in [1.807, 2.05) is 45.0 Å². The van der Waals surface area contributed by atoms with Gasteiger partial charge in [-0.2, -0.15) is 20.3 Å². The normalized spacial score (nSPS) is 21.4. The lowest BCUT2D eigenvalue weighted by molar-refractivity contribution is -0.250. The van der Waals surface area contributed by atoms with Crippen molar-refractivity contribution in [1.82, 2.24) is 25.6 Å². The van der Waals surface area contributed by atoms with Gasteiger partial charge in [-0.15, -0.1) is 0 Å². The first-order chi connectivity index (χ1) is 45.2. The lowest BCUT2D eigenvalue weighted by Gasteiger charge is -2.59. The van der Waals surface area contributed by atoms with Crippen LogP contribution in [-0.4, -0.2) is 127 Å². The van der Waals surface area contributed by atoms with Crippen LogP contribution in [0.5, 0.6) is 0 Å². The Balaban J connectivity index is 1.06. The van der Waals surface area contributed by atoms with E-state index in [1.54, 1.807) is 44.5 Å². The molecule has 0 bridgehead atoms. The third-order valence-corrected chi connectivity index (χ3v) is 21.5. The van der Waals surface area contributed by atoms with E-state index in [9.17, 15) is 30.4 Å². The quantitative estimate of drug-likeness (QED) is 0.0575. The summed E-state index contributed by atoms with van der Waals surface area (Å²) in [5.74, 6) is -0.583. The predicted octanol–water partition coefficient (Wildman–Crippen LogP) is 19.0. The second kappa shape index (κ2) is 26.3. The van der Waals surface area contributed by atoms with Gasteiger partial charge in [-0.25, -0.2) is 0 Å². The summed E-state index contributed by atoms with van der Waals surface area (Å²) < 4.78 is 0. The molecule has 2 amide bonds. The van der Waals surface area contributed by atoms with Crippen LogP contribution >= 0.6 is 0 Å². The molecule has 0 radical (unpaired) electrons. The first kappa shape index (κ1) is 73.8. The molecule has 6 N–H and O–H groups in total. The van der Waals surface area contributed by atoms with Crippen LogP contribution in [0.3, 0.4) is 0 Å². The highest BCUT2D eigenvalue weighted by molar-refractivity contribution is 6.06. The van der Waals surface area contributed by atoms with E-state index >= 15 is 0 Å². The highest BCUT2D eigenvalue weighted by atomic mass is 16.5. The maximum atomic E-state index is 13.9. The van der Waals surface area contributed by atoms with Gasteiger partial charge in [-0.05, 0) is 321 Å². The van der Waals surface area contributed by atoms with Gasteiger partial charge in [0.25, 0.3) is 11.8 Å². The van der Waals surface area contributed by atoms with Crippen molar-refractivity contribution in [2.45, 2.75) is 283 Å². The number of benzene rings is 6. The highest BCUT2D eigenvalue weighted by Gasteiger charge is 2.54. The Morgan fingerprint density at radius 2 is 0.592 bits per heavy atom. The molecule has 16 heteroatoms. The van der Waals surface area contributed by atoms with Gasteiger partial charge in [0.2, 0.25) is 0 Å². The number of piperidine rings is 4. The number of anilines is 9. The summed E-state index contributed by atoms with van der Waals surface area (Å²) in [7, 11) is 0. The molecule has 4 fully saturated rings. The fraction of sp³-hybridized carbons (Fsp3) is 0.537. The minimum Gasteiger partial charge on any atom is -0.365 e. The summed E-state index contributed by atoms with van der Waals surface area (Å²) in [6.07, 6.45) is 5.96. The second-order valence-electron chi connectivity index (χ2n) is 36.1. The monoisotopic (exact) mass is 1340 g/mol. The summed E-state index contributed by atoms with van der Waals surface area (Å²) in [6, 6.07) is 50.5. The molecule has 16 nitrogen and oxygen atoms in total. The first-order valence-electron chi connectivity index (χ1n) is 35.6. The maximum absolute atomic E-state index is 13.9. The number of hydrogen-bond donors (Lipinski definition) is 6. The predicted molar refractivity (Wildman–Crippen MR) is 400 cm³/mol. The van der Waals surface area contributed by atoms with Crippen LogP contribution < -0.4 is 30.2 Å². The minimum absolute atomic E-state index is 0.0566. The van der Waals surface area contributed by atoms with E-state index in [-0.39, 0.29) is 41.4 Å². The van der Waals surface area contributed by atoms with E-state index < -0.39 is 49.9 Å². The van der Waals surface area contributed by atoms with Gasteiger partial charge in [0.1, 0.15) is 0 Å². The molecular formula is C82H116N10O6. The van der Waals surface area contributed by atoms with Gasteiger partial charge in [0, 0.05) is 136 Å². The zero-order valence-corrected chi connectivity index (χ0v) is 63.0. The molecule has 0 saturated carbocycles. The summed E-state index contributed by atoms with van der Waals surface area (Å²) in [5, 5.41) is 58.8. The average molecular weight is 1340 g/mol. The number of nitrogens with one attached hydrogen (secondary N) is 2. The summed E-state index contributed by atoms with van der Waals surface area (Å²) >= 11 is 0.